The van der Waals surface area contributed by atoms with Crippen LogP contribution in [0.3, 0.4) is 0 Å². The maximum absolute atomic E-state index is 15.7. The largest absolute Gasteiger partial charge is 0.362 e. The Hall–Kier alpha value is -3.09. The monoisotopic (exact) mass is 465 g/mol. The van der Waals surface area contributed by atoms with Crippen LogP contribution in [0.1, 0.15) is 34.8 Å². The van der Waals surface area contributed by atoms with Crippen LogP contribution in [0.2, 0.25) is 0 Å². The number of nitrogens with one attached hydrogen (secondary N) is 1. The molecular formula is C20H23F2N6O3S+. The number of pyridine rings is 1. The van der Waals surface area contributed by atoms with Gasteiger partial charge in [-0.1, -0.05) is 16.6 Å². The molecule has 3 N–H and O–H groups in total. The van der Waals surface area contributed by atoms with Crippen LogP contribution in [-0.2, 0) is 10.2 Å². The van der Waals surface area contributed by atoms with Gasteiger partial charge in [0, 0.05) is 26.7 Å². The molecule has 0 spiro atoms. The molecule has 1 unspecified atom stereocenters. The summed E-state index contributed by atoms with van der Waals surface area (Å²) in [4.78, 5) is 14.6. The van der Waals surface area contributed by atoms with Crippen molar-refractivity contribution < 1.29 is 26.5 Å². The van der Waals surface area contributed by atoms with Gasteiger partial charge in [0.25, 0.3) is 11.4 Å². The maximum atomic E-state index is 15.7. The van der Waals surface area contributed by atoms with E-state index in [9.17, 15) is 17.6 Å². The normalized spacial score (nSPS) is 16.8. The van der Waals surface area contributed by atoms with Crippen LogP contribution < -0.4 is 15.3 Å². The molecule has 1 atom stereocenters. The molecule has 1 aromatic carbocycles. The number of H-pyrrole nitrogens is 1. The number of anilines is 1. The summed E-state index contributed by atoms with van der Waals surface area (Å²) in [5.41, 5.74) is 0.579. The molecule has 3 heterocycles. The molecule has 4 rings (SSSR count). The zero-order chi connectivity index (χ0) is 23.2. The first kappa shape index (κ1) is 22.1. The quantitative estimate of drug-likeness (QED) is 0.257. The summed E-state index contributed by atoms with van der Waals surface area (Å²) in [5.74, 6) is 3.39. The molecule has 1 amide bonds. The molecule has 1 fully saturated rings. The molecule has 9 nitrogen and oxygen atoms in total. The van der Waals surface area contributed by atoms with Gasteiger partial charge in [0.05, 0.1) is 17.9 Å². The van der Waals surface area contributed by atoms with E-state index in [4.69, 9.17) is 5.84 Å². The van der Waals surface area contributed by atoms with E-state index in [0.717, 1.165) is 16.3 Å². The number of benzene rings is 1. The van der Waals surface area contributed by atoms with Crippen LogP contribution in [0.25, 0.3) is 5.52 Å². The van der Waals surface area contributed by atoms with Gasteiger partial charge in [-0.25, -0.2) is 10.2 Å². The number of hydrazine groups is 1. The lowest BCUT2D eigenvalue weighted by atomic mass is 10.0. The average Bonchev–Trinajstić information content (AvgIpc) is 3.40. The third-order valence-corrected chi connectivity index (χ3v) is 7.18. The van der Waals surface area contributed by atoms with Crippen molar-refractivity contribution in [2.75, 3.05) is 25.5 Å². The van der Waals surface area contributed by atoms with Crippen molar-refractivity contribution in [3.63, 3.8) is 0 Å². The topological polar surface area (TPSA) is 107 Å². The molecule has 1 aliphatic heterocycles. The van der Waals surface area contributed by atoms with Crippen molar-refractivity contribution >= 4 is 27.3 Å². The van der Waals surface area contributed by atoms with Gasteiger partial charge in [-0.15, -0.1) is 0 Å². The zero-order valence-corrected chi connectivity index (χ0v) is 18.3. The van der Waals surface area contributed by atoms with Crippen LogP contribution in [0, 0.1) is 11.6 Å². The van der Waals surface area contributed by atoms with Crippen LogP contribution in [0.4, 0.5) is 14.5 Å². The third kappa shape index (κ3) is 3.59. The van der Waals surface area contributed by atoms with Crippen molar-refractivity contribution in [1.82, 2.24) is 13.8 Å². The predicted octanol–water partition coefficient (Wildman–Crippen LogP) is 1.50. The van der Waals surface area contributed by atoms with Gasteiger partial charge in [0.1, 0.15) is 11.4 Å². The summed E-state index contributed by atoms with van der Waals surface area (Å²) in [6.07, 6.45) is 4.23. The van der Waals surface area contributed by atoms with Gasteiger partial charge < -0.3 is 4.90 Å². The Morgan fingerprint density at radius 1 is 1.28 bits per heavy atom. The highest BCUT2D eigenvalue weighted by molar-refractivity contribution is 7.87. The van der Waals surface area contributed by atoms with E-state index in [1.165, 1.54) is 43.1 Å². The fraction of sp³-hybridized carbons (Fsp3) is 0.300. The Morgan fingerprint density at radius 3 is 2.72 bits per heavy atom. The number of nitrogens with two attached hydrogens (primary N) is 1. The molecule has 1 aliphatic rings. The highest BCUT2D eigenvalue weighted by Gasteiger charge is 2.36. The number of halogens is 2. The van der Waals surface area contributed by atoms with Crippen molar-refractivity contribution in [1.29, 1.82) is 0 Å². The number of nitrogens with zero attached hydrogens (tertiary/aromatic N) is 4. The summed E-state index contributed by atoms with van der Waals surface area (Å²) >= 11 is 0. The number of fused-ring (bicyclic) bond motifs is 1. The smallest absolute Gasteiger partial charge is 0.319 e. The number of carbonyl (C=O) groups excluding carboxylic acids is 1. The number of aromatic amines is 1. The molecule has 0 bridgehead atoms. The van der Waals surface area contributed by atoms with E-state index in [2.05, 4.69) is 5.10 Å². The lowest BCUT2D eigenvalue weighted by Gasteiger charge is -2.27. The second-order valence-electron chi connectivity index (χ2n) is 7.72. The molecule has 0 radical (unpaired) electrons. The molecule has 2 aromatic heterocycles. The first-order chi connectivity index (χ1) is 15.1. The number of amides is 1. The minimum atomic E-state index is -4.25. The lowest BCUT2D eigenvalue weighted by molar-refractivity contribution is -0.577. The highest BCUT2D eigenvalue weighted by atomic mass is 32.2. The molecule has 3 aromatic rings. The summed E-state index contributed by atoms with van der Waals surface area (Å²) in [5, 5.41) is 2.71. The number of hydrogen-bond acceptors (Lipinski definition) is 5. The van der Waals surface area contributed by atoms with E-state index < -0.39 is 21.9 Å². The maximum Gasteiger partial charge on any atom is 0.319 e. The fourth-order valence-corrected chi connectivity index (χ4v) is 4.64. The van der Waals surface area contributed by atoms with Crippen molar-refractivity contribution in [2.24, 2.45) is 5.84 Å². The predicted molar refractivity (Wildman–Crippen MR) is 113 cm³/mol. The van der Waals surface area contributed by atoms with Gasteiger partial charge >= 0.3 is 10.2 Å². The van der Waals surface area contributed by atoms with Crippen LogP contribution in [0.5, 0.6) is 0 Å². The van der Waals surface area contributed by atoms with Gasteiger partial charge in [-0.2, -0.15) is 26.6 Å². The Bertz CT molecular complexity index is 1290. The Labute approximate surface area is 183 Å². The Kier molecular flexibility index (Phi) is 5.61. The van der Waals surface area contributed by atoms with Crippen LogP contribution in [-0.4, -0.2) is 48.8 Å². The molecular weight excluding hydrogens is 442 g/mol. The van der Waals surface area contributed by atoms with Gasteiger partial charge in [-0.05, 0) is 30.5 Å². The number of hydrogen-bond donors (Lipinski definition) is 2. The zero-order valence-electron chi connectivity index (χ0n) is 17.5. The molecule has 0 aliphatic carbocycles. The molecule has 170 valence electrons. The van der Waals surface area contributed by atoms with Gasteiger partial charge in [0.2, 0.25) is 12.0 Å². The minimum Gasteiger partial charge on any atom is -0.362 e. The van der Waals surface area contributed by atoms with Crippen molar-refractivity contribution in [3.8, 4) is 0 Å². The van der Waals surface area contributed by atoms with Crippen molar-refractivity contribution in [3.05, 3.63) is 65.5 Å². The van der Waals surface area contributed by atoms with Gasteiger partial charge in [-0.3, -0.25) is 4.79 Å². The number of rotatable bonds is 5. The number of carbonyl (C=O) groups is 1. The summed E-state index contributed by atoms with van der Waals surface area (Å²) < 4.78 is 56.1. The first-order valence-corrected chi connectivity index (χ1v) is 11.3. The van der Waals surface area contributed by atoms with Gasteiger partial charge in [0.15, 0.2) is 0 Å². The number of aromatic nitrogens is 2. The van der Waals surface area contributed by atoms with E-state index in [1.54, 1.807) is 18.2 Å². The minimum absolute atomic E-state index is 0.0771. The van der Waals surface area contributed by atoms with Crippen molar-refractivity contribution in [2.45, 2.75) is 18.9 Å². The average molecular weight is 466 g/mol. The van der Waals surface area contributed by atoms with E-state index in [-0.39, 0.29) is 33.0 Å². The Morgan fingerprint density at radius 2 is 2.03 bits per heavy atom. The van der Waals surface area contributed by atoms with E-state index in [1.807, 2.05) is 4.90 Å². The second-order valence-corrected chi connectivity index (χ2v) is 9.74. The SMILES string of the molecule is CN(C)S(=O)(=O)N(N)C(=O)c1c[nH][n+]2ccc(N3CCCC3c3cccc(F)c3)c(F)c12. The lowest BCUT2D eigenvalue weighted by Crippen LogP contribution is -2.48. The summed E-state index contributed by atoms with van der Waals surface area (Å²) in [6.45, 7) is 0.542. The van der Waals surface area contributed by atoms with E-state index >= 15 is 4.39 Å². The highest BCUT2D eigenvalue weighted by Crippen LogP contribution is 2.38. The molecule has 0 saturated carbocycles. The summed E-state index contributed by atoms with van der Waals surface area (Å²) in [7, 11) is -1.80. The van der Waals surface area contributed by atoms with Crippen LogP contribution >= 0.6 is 0 Å². The fourth-order valence-electron chi connectivity index (χ4n) is 3.98. The second kappa shape index (κ2) is 8.11. The first-order valence-electron chi connectivity index (χ1n) is 9.88. The molecule has 1 saturated heterocycles. The molecule has 12 heteroatoms. The van der Waals surface area contributed by atoms with Crippen LogP contribution in [0.15, 0.2) is 42.7 Å². The Balaban J connectivity index is 1.77. The summed E-state index contributed by atoms with van der Waals surface area (Å²) in [6, 6.07) is 7.51. The van der Waals surface area contributed by atoms with E-state index in [0.29, 0.717) is 13.0 Å². The molecule has 32 heavy (non-hydrogen) atoms. The standard InChI is InChI=1S/C20H22F2N6O3S/c1-25(2)32(30,31)28(23)20(29)15-12-24-27-10-8-17(18(22)19(15)27)26-9-4-7-16(26)13-5-3-6-14(21)11-13/h3,5-6,8,10-12,16H,4,7,9,23H2,1-2H3/p+1. The third-order valence-electron chi connectivity index (χ3n) is 5.59.